The Labute approximate surface area is 257 Å². The van der Waals surface area contributed by atoms with Gasteiger partial charge >= 0.3 is 5.97 Å². The molecular formula is C34H22ClN3O4S. The average molecular weight is 604 g/mol. The number of hydrogen-bond acceptors (Lipinski definition) is 4. The molecule has 9 heteroatoms. The molecule has 1 aliphatic heterocycles. The Morgan fingerprint density at radius 2 is 1.37 bits per heavy atom. The molecule has 5 aromatic rings. The van der Waals surface area contributed by atoms with Crippen LogP contribution in [-0.2, 0) is 9.59 Å². The Balaban J connectivity index is 1.56. The van der Waals surface area contributed by atoms with E-state index in [-0.39, 0.29) is 16.2 Å². The predicted molar refractivity (Wildman–Crippen MR) is 171 cm³/mol. The van der Waals surface area contributed by atoms with Crippen molar-refractivity contribution in [2.24, 2.45) is 0 Å². The van der Waals surface area contributed by atoms with Crippen LogP contribution < -0.4 is 10.2 Å². The molecule has 1 saturated heterocycles. The number of thiocarbonyl (C=S) groups is 1. The van der Waals surface area contributed by atoms with Crippen molar-refractivity contribution < 1.29 is 19.5 Å². The summed E-state index contributed by atoms with van der Waals surface area (Å²) in [4.78, 5) is 39.6. The lowest BCUT2D eigenvalue weighted by Crippen LogP contribution is -2.54. The molecule has 6 rings (SSSR count). The number of aromatic carboxylic acids is 1. The van der Waals surface area contributed by atoms with Gasteiger partial charge in [0, 0.05) is 16.3 Å². The number of carboxylic acids is 1. The highest BCUT2D eigenvalue weighted by atomic mass is 35.5. The maximum absolute atomic E-state index is 13.9. The largest absolute Gasteiger partial charge is 0.478 e. The molecule has 0 saturated carbocycles. The van der Waals surface area contributed by atoms with Gasteiger partial charge in [-0.3, -0.25) is 19.8 Å². The molecule has 210 valence electrons. The standard InChI is InChI=1S/C34H22ClN3O4S/c35-25-13-17-26(18-14-25)37-29(21-7-3-1-4-8-21)20-24(30(37)22-9-5-2-6-10-22)19-28-31(39)36-34(43)38(32(28)40)27-15-11-23(12-16-27)33(41)42/h1-20H,(H,41,42)(H,36,39,43)/b28-19-. The molecule has 4 aromatic carbocycles. The molecule has 1 fully saturated rings. The number of hydrogen-bond donors (Lipinski definition) is 2. The zero-order chi connectivity index (χ0) is 30.1. The molecule has 0 unspecified atom stereocenters. The second kappa shape index (κ2) is 11.5. The quantitative estimate of drug-likeness (QED) is 0.124. The Hall–Kier alpha value is -5.31. The highest BCUT2D eigenvalue weighted by Crippen LogP contribution is 2.38. The number of halogens is 1. The summed E-state index contributed by atoms with van der Waals surface area (Å²) in [5, 5.41) is 12.4. The Bertz CT molecular complexity index is 1920. The Morgan fingerprint density at radius 1 is 0.791 bits per heavy atom. The maximum Gasteiger partial charge on any atom is 0.335 e. The lowest BCUT2D eigenvalue weighted by atomic mass is 10.0. The third kappa shape index (κ3) is 5.37. The number of rotatable bonds is 6. The van der Waals surface area contributed by atoms with Crippen LogP contribution in [0.5, 0.6) is 0 Å². The third-order valence-electron chi connectivity index (χ3n) is 7.01. The van der Waals surface area contributed by atoms with Crippen LogP contribution in [0.15, 0.2) is 121 Å². The van der Waals surface area contributed by atoms with Crippen LogP contribution in [0, 0.1) is 0 Å². The monoisotopic (exact) mass is 603 g/mol. The second-order valence-corrected chi connectivity index (χ2v) is 10.5. The highest BCUT2D eigenvalue weighted by molar-refractivity contribution is 7.80. The van der Waals surface area contributed by atoms with Gasteiger partial charge in [-0.05, 0) is 84.0 Å². The number of amides is 2. The fourth-order valence-corrected chi connectivity index (χ4v) is 5.42. The van der Waals surface area contributed by atoms with Crippen molar-refractivity contribution in [3.8, 4) is 28.2 Å². The molecule has 0 spiro atoms. The Kier molecular flexibility index (Phi) is 7.46. The first kappa shape index (κ1) is 27.8. The molecule has 7 nitrogen and oxygen atoms in total. The second-order valence-electron chi connectivity index (χ2n) is 9.69. The van der Waals surface area contributed by atoms with E-state index in [4.69, 9.17) is 23.8 Å². The smallest absolute Gasteiger partial charge is 0.335 e. The lowest BCUT2D eigenvalue weighted by molar-refractivity contribution is -0.122. The van der Waals surface area contributed by atoms with Crippen molar-refractivity contribution >= 4 is 58.5 Å². The zero-order valence-corrected chi connectivity index (χ0v) is 24.0. The summed E-state index contributed by atoms with van der Waals surface area (Å²) in [5.41, 5.74) is 5.14. The molecule has 2 amide bonds. The molecule has 2 heterocycles. The number of nitrogens with one attached hydrogen (secondary N) is 1. The maximum atomic E-state index is 13.9. The fraction of sp³-hybridized carbons (Fsp3) is 0. The van der Waals surface area contributed by atoms with Crippen molar-refractivity contribution in [2.75, 3.05) is 4.90 Å². The summed E-state index contributed by atoms with van der Waals surface area (Å²) < 4.78 is 2.08. The van der Waals surface area contributed by atoms with Crippen molar-refractivity contribution in [1.82, 2.24) is 9.88 Å². The molecule has 2 N–H and O–H groups in total. The van der Waals surface area contributed by atoms with Crippen molar-refractivity contribution in [3.63, 3.8) is 0 Å². The van der Waals surface area contributed by atoms with E-state index >= 15 is 0 Å². The van der Waals surface area contributed by atoms with Crippen LogP contribution >= 0.6 is 23.8 Å². The van der Waals surface area contributed by atoms with E-state index in [2.05, 4.69) is 9.88 Å². The van der Waals surface area contributed by atoms with Gasteiger partial charge in [0.05, 0.1) is 22.6 Å². The molecule has 1 aliphatic rings. The normalized spacial score (nSPS) is 14.2. The van der Waals surface area contributed by atoms with Gasteiger partial charge in [0.2, 0.25) is 0 Å². The van der Waals surface area contributed by atoms with Crippen molar-refractivity contribution in [3.05, 3.63) is 137 Å². The minimum Gasteiger partial charge on any atom is -0.478 e. The van der Waals surface area contributed by atoms with E-state index in [9.17, 15) is 19.5 Å². The van der Waals surface area contributed by atoms with Crippen molar-refractivity contribution in [2.45, 2.75) is 0 Å². The van der Waals surface area contributed by atoms with Crippen LogP contribution in [0.1, 0.15) is 15.9 Å². The lowest BCUT2D eigenvalue weighted by Gasteiger charge is -2.29. The number of anilines is 1. The van der Waals surface area contributed by atoms with Gasteiger partial charge in [0.15, 0.2) is 5.11 Å². The van der Waals surface area contributed by atoms with Gasteiger partial charge < -0.3 is 9.67 Å². The molecule has 0 aliphatic carbocycles. The fourth-order valence-electron chi connectivity index (χ4n) is 5.01. The first-order valence-corrected chi connectivity index (χ1v) is 14.0. The molecule has 0 bridgehead atoms. The summed E-state index contributed by atoms with van der Waals surface area (Å²) in [6.45, 7) is 0. The van der Waals surface area contributed by atoms with E-state index in [1.54, 1.807) is 6.08 Å². The summed E-state index contributed by atoms with van der Waals surface area (Å²) in [6.07, 6.45) is 1.57. The molecule has 0 radical (unpaired) electrons. The van der Waals surface area contributed by atoms with E-state index < -0.39 is 17.8 Å². The van der Waals surface area contributed by atoms with Gasteiger partial charge in [-0.15, -0.1) is 0 Å². The van der Waals surface area contributed by atoms with Gasteiger partial charge in [0.25, 0.3) is 11.8 Å². The summed E-state index contributed by atoms with van der Waals surface area (Å²) >= 11 is 11.6. The number of carbonyl (C=O) groups excluding carboxylic acids is 2. The van der Waals surface area contributed by atoms with Crippen LogP contribution in [0.25, 0.3) is 34.3 Å². The SMILES string of the molecule is O=C1NC(=S)N(c2ccc(C(=O)O)cc2)C(=O)/C1=C\c1cc(-c2ccccc2)n(-c2ccc(Cl)cc2)c1-c1ccccc1. The zero-order valence-electron chi connectivity index (χ0n) is 22.4. The van der Waals surface area contributed by atoms with Crippen LogP contribution in [-0.4, -0.2) is 32.6 Å². The van der Waals surface area contributed by atoms with Gasteiger partial charge in [-0.2, -0.15) is 0 Å². The molecular weight excluding hydrogens is 582 g/mol. The van der Waals surface area contributed by atoms with Crippen LogP contribution in [0.2, 0.25) is 5.02 Å². The van der Waals surface area contributed by atoms with E-state index in [1.807, 2.05) is 91.0 Å². The summed E-state index contributed by atoms with van der Waals surface area (Å²) in [7, 11) is 0. The van der Waals surface area contributed by atoms with E-state index in [0.29, 0.717) is 16.3 Å². The van der Waals surface area contributed by atoms with E-state index in [0.717, 1.165) is 28.2 Å². The minimum atomic E-state index is -1.10. The first-order valence-electron chi connectivity index (χ1n) is 13.2. The van der Waals surface area contributed by atoms with E-state index in [1.165, 1.54) is 29.2 Å². The molecule has 1 aromatic heterocycles. The summed E-state index contributed by atoms with van der Waals surface area (Å²) in [5.74, 6) is -2.36. The number of benzene rings is 4. The number of carboxylic acid groups (broad SMARTS) is 1. The molecule has 43 heavy (non-hydrogen) atoms. The average Bonchev–Trinajstić information content (AvgIpc) is 3.40. The minimum absolute atomic E-state index is 0.0587. The van der Waals surface area contributed by atoms with Gasteiger partial charge in [0.1, 0.15) is 5.57 Å². The topological polar surface area (TPSA) is 91.6 Å². The molecule has 0 atom stereocenters. The third-order valence-corrected chi connectivity index (χ3v) is 7.54. The van der Waals surface area contributed by atoms with Gasteiger partial charge in [-0.25, -0.2) is 4.79 Å². The number of aromatic nitrogens is 1. The van der Waals surface area contributed by atoms with Gasteiger partial charge in [-0.1, -0.05) is 72.3 Å². The first-order chi connectivity index (χ1) is 20.8. The predicted octanol–water partition coefficient (Wildman–Crippen LogP) is 6.99. The van der Waals surface area contributed by atoms with Crippen LogP contribution in [0.3, 0.4) is 0 Å². The highest BCUT2D eigenvalue weighted by Gasteiger charge is 2.35. The van der Waals surface area contributed by atoms with Crippen molar-refractivity contribution in [1.29, 1.82) is 0 Å². The van der Waals surface area contributed by atoms with Crippen LogP contribution in [0.4, 0.5) is 5.69 Å². The number of nitrogens with zero attached hydrogens (tertiary/aromatic N) is 2. The number of carbonyl (C=O) groups is 3. The summed E-state index contributed by atoms with van der Waals surface area (Å²) in [6, 6.07) is 34.6. The Morgan fingerprint density at radius 3 is 1.98 bits per heavy atom.